The summed E-state index contributed by atoms with van der Waals surface area (Å²) >= 11 is 0. The fourth-order valence-electron chi connectivity index (χ4n) is 6.45. The number of hydrogen-bond donors (Lipinski definition) is 0. The van der Waals surface area contributed by atoms with Gasteiger partial charge in [0.1, 0.15) is 0 Å². The Labute approximate surface area is 214 Å². The molecule has 0 unspecified atom stereocenters. The molecule has 0 heterocycles. The second-order valence-corrected chi connectivity index (χ2v) is 10.8. The van der Waals surface area contributed by atoms with E-state index in [0.29, 0.717) is 13.2 Å². The van der Waals surface area contributed by atoms with Crippen molar-refractivity contribution in [3.05, 3.63) is 96.1 Å². The molecule has 2 aliphatic rings. The first-order valence-corrected chi connectivity index (χ1v) is 13.7. The molecule has 0 bridgehead atoms. The monoisotopic (exact) mass is 469 g/mol. The quantitative estimate of drug-likeness (QED) is 0.176. The summed E-state index contributed by atoms with van der Waals surface area (Å²) in [5.41, 5.74) is 5.81. The van der Waals surface area contributed by atoms with E-state index in [1.54, 1.807) is 0 Å². The average Bonchev–Trinajstić information content (AvgIpc) is 2.91. The highest BCUT2D eigenvalue weighted by molar-refractivity contribution is 6.17. The second kappa shape index (κ2) is 12.7. The van der Waals surface area contributed by atoms with Gasteiger partial charge in [-0.15, -0.1) is 13.2 Å². The number of benzene rings is 2. The highest BCUT2D eigenvalue weighted by atomic mass is 16.6. The van der Waals surface area contributed by atoms with Crippen molar-refractivity contribution >= 4 is 7.69 Å². The van der Waals surface area contributed by atoms with E-state index < -0.39 is 0 Å². The first-order valence-electron chi connectivity index (χ1n) is 13.7. The molecular weight excluding hydrogens is 427 g/mol. The van der Waals surface area contributed by atoms with E-state index >= 15 is 0 Å². The molecule has 0 aromatic heterocycles. The van der Waals surface area contributed by atoms with Crippen LogP contribution in [0.15, 0.2) is 73.8 Å². The maximum atomic E-state index is 5.69. The maximum absolute atomic E-state index is 5.69. The van der Waals surface area contributed by atoms with E-state index in [9.17, 15) is 0 Å². The van der Waals surface area contributed by atoms with Crippen molar-refractivity contribution in [2.75, 3.05) is 0 Å². The number of allylic oxidation sites excluding steroid dienone is 2. The predicted octanol–water partition coefficient (Wildman–Crippen LogP) is 8.51. The van der Waals surface area contributed by atoms with E-state index in [1.165, 1.54) is 94.1 Å². The summed E-state index contributed by atoms with van der Waals surface area (Å²) in [4.78, 5) is 0. The molecule has 185 valence electrons. The van der Waals surface area contributed by atoms with Crippen LogP contribution in [-0.2, 0) is 33.4 Å². The molecule has 4 rings (SSSR count). The van der Waals surface area contributed by atoms with Gasteiger partial charge in [-0.25, -0.2) is 0 Å². The van der Waals surface area contributed by atoms with Gasteiger partial charge in [-0.3, -0.25) is 0 Å². The van der Waals surface area contributed by atoms with Crippen molar-refractivity contribution < 1.29 is 9.31 Å². The second-order valence-electron chi connectivity index (χ2n) is 10.8. The van der Waals surface area contributed by atoms with Gasteiger partial charge in [0.05, 0.1) is 13.2 Å². The number of rotatable bonds is 12. The molecule has 0 atom stereocenters. The van der Waals surface area contributed by atoms with Crippen LogP contribution >= 0.6 is 0 Å². The van der Waals surface area contributed by atoms with Crippen LogP contribution < -0.4 is 0 Å². The topological polar surface area (TPSA) is 18.5 Å². The first kappa shape index (κ1) is 26.0. The molecule has 0 N–H and O–H groups in total. The van der Waals surface area contributed by atoms with Crippen LogP contribution in [0, 0.1) is 0 Å². The highest BCUT2D eigenvalue weighted by Gasteiger charge is 2.33. The minimum Gasteiger partial charge on any atom is -0.409 e. The lowest BCUT2D eigenvalue weighted by Crippen LogP contribution is -2.28. The normalized spacial score (nSPS) is 19.1. The summed E-state index contributed by atoms with van der Waals surface area (Å²) in [6, 6.07) is 18.0. The zero-order valence-corrected chi connectivity index (χ0v) is 21.5. The van der Waals surface area contributed by atoms with Gasteiger partial charge in [-0.2, -0.15) is 0 Å². The summed E-state index contributed by atoms with van der Waals surface area (Å²) in [5, 5.41) is 0. The maximum Gasteiger partial charge on any atom is 0.488 e. The third kappa shape index (κ3) is 6.57. The third-order valence-electron chi connectivity index (χ3n) is 8.46. The van der Waals surface area contributed by atoms with Crippen LogP contribution in [0.5, 0.6) is 0 Å². The zero-order valence-electron chi connectivity index (χ0n) is 21.5. The molecule has 2 fully saturated rings. The van der Waals surface area contributed by atoms with E-state index in [4.69, 9.17) is 9.31 Å². The summed E-state index contributed by atoms with van der Waals surface area (Å²) < 4.78 is 11.4. The summed E-state index contributed by atoms with van der Waals surface area (Å²) in [7, 11) is 1.49. The molecule has 2 nitrogen and oxygen atoms in total. The molecule has 35 heavy (non-hydrogen) atoms. The van der Waals surface area contributed by atoms with Gasteiger partial charge in [0.15, 0.2) is 0 Å². The SMILES string of the molecule is C=CCC1(c2ccc(CO[B]OCc3ccc(C4(CC=C)CCCCC4)cc3)cc2)CCCCC1. The van der Waals surface area contributed by atoms with Gasteiger partial charge in [0, 0.05) is 0 Å². The Kier molecular flexibility index (Phi) is 9.46. The summed E-state index contributed by atoms with van der Waals surface area (Å²) in [6.45, 7) is 9.09. The lowest BCUT2D eigenvalue weighted by atomic mass is 9.67. The molecule has 2 aromatic rings. The van der Waals surface area contributed by atoms with Crippen molar-refractivity contribution in [3.8, 4) is 0 Å². The van der Waals surface area contributed by atoms with E-state index in [-0.39, 0.29) is 10.8 Å². The standard InChI is InChI=1S/C32H42BO2/c1-3-19-31(21-7-5-8-22-31)29-15-11-27(12-16-29)25-34-33-35-26-28-13-17-30(18-14-28)32(20-4-2)23-9-6-10-24-32/h3-4,11-18H,1-2,5-10,19-26H2. The smallest absolute Gasteiger partial charge is 0.409 e. The predicted molar refractivity (Wildman–Crippen MR) is 147 cm³/mol. The van der Waals surface area contributed by atoms with Gasteiger partial charge in [0.2, 0.25) is 0 Å². The average molecular weight is 469 g/mol. The van der Waals surface area contributed by atoms with Gasteiger partial charge >= 0.3 is 7.69 Å². The largest absolute Gasteiger partial charge is 0.488 e. The van der Waals surface area contributed by atoms with Crippen molar-refractivity contribution in [2.45, 2.75) is 101 Å². The van der Waals surface area contributed by atoms with Gasteiger partial charge in [-0.05, 0) is 71.6 Å². The van der Waals surface area contributed by atoms with Gasteiger partial charge in [0.25, 0.3) is 0 Å². The summed E-state index contributed by atoms with van der Waals surface area (Å²) in [5.74, 6) is 0. The van der Waals surface area contributed by atoms with Gasteiger partial charge < -0.3 is 9.31 Å². The molecule has 2 saturated carbocycles. The minimum absolute atomic E-state index is 0.284. The molecular formula is C32H42BO2. The van der Waals surface area contributed by atoms with Crippen molar-refractivity contribution in [1.29, 1.82) is 0 Å². The van der Waals surface area contributed by atoms with Crippen LogP contribution in [0.3, 0.4) is 0 Å². The molecule has 2 aliphatic carbocycles. The Morgan fingerprint density at radius 2 is 0.971 bits per heavy atom. The molecule has 2 aromatic carbocycles. The van der Waals surface area contributed by atoms with Crippen LogP contribution in [0.2, 0.25) is 0 Å². The van der Waals surface area contributed by atoms with Crippen molar-refractivity contribution in [3.63, 3.8) is 0 Å². The Morgan fingerprint density at radius 1 is 0.600 bits per heavy atom. The van der Waals surface area contributed by atoms with Crippen LogP contribution in [0.4, 0.5) is 0 Å². The fourth-order valence-corrected chi connectivity index (χ4v) is 6.45. The lowest BCUT2D eigenvalue weighted by molar-refractivity contribution is 0.207. The van der Waals surface area contributed by atoms with Crippen LogP contribution in [0.25, 0.3) is 0 Å². The van der Waals surface area contributed by atoms with Gasteiger partial charge in [-0.1, -0.05) is 99.2 Å². The third-order valence-corrected chi connectivity index (χ3v) is 8.46. The molecule has 0 aliphatic heterocycles. The lowest BCUT2D eigenvalue weighted by Gasteiger charge is -2.37. The van der Waals surface area contributed by atoms with Crippen LogP contribution in [0.1, 0.15) is 99.3 Å². The van der Waals surface area contributed by atoms with Crippen LogP contribution in [-0.4, -0.2) is 7.69 Å². The molecule has 0 amide bonds. The van der Waals surface area contributed by atoms with Crippen molar-refractivity contribution in [2.24, 2.45) is 0 Å². The Hall–Kier alpha value is -2.10. The number of hydrogen-bond acceptors (Lipinski definition) is 2. The molecule has 0 saturated heterocycles. The molecule has 3 heteroatoms. The Morgan fingerprint density at radius 3 is 1.31 bits per heavy atom. The minimum atomic E-state index is 0.284. The highest BCUT2D eigenvalue weighted by Crippen LogP contribution is 2.43. The zero-order chi connectivity index (χ0) is 24.4. The Bertz CT molecular complexity index is 842. The fraction of sp³-hybridized carbons (Fsp3) is 0.500. The van der Waals surface area contributed by atoms with E-state index in [0.717, 1.165) is 12.8 Å². The van der Waals surface area contributed by atoms with E-state index in [2.05, 4.69) is 73.8 Å². The first-order chi connectivity index (χ1) is 17.2. The Balaban J connectivity index is 1.22. The van der Waals surface area contributed by atoms with E-state index in [1.807, 2.05) is 0 Å². The molecule has 0 spiro atoms. The van der Waals surface area contributed by atoms with Crippen molar-refractivity contribution in [1.82, 2.24) is 0 Å². The summed E-state index contributed by atoms with van der Waals surface area (Å²) in [6.07, 6.45) is 19.4. The molecule has 1 radical (unpaired) electrons.